The summed E-state index contributed by atoms with van der Waals surface area (Å²) >= 11 is 0. The lowest BCUT2D eigenvalue weighted by Gasteiger charge is -2.38. The Kier molecular flexibility index (Phi) is 7.38. The van der Waals surface area contributed by atoms with Gasteiger partial charge in [-0.2, -0.15) is 4.31 Å². The third kappa shape index (κ3) is 5.52. The van der Waals surface area contributed by atoms with E-state index in [4.69, 9.17) is 9.47 Å². The maximum absolute atomic E-state index is 13.2. The minimum absolute atomic E-state index is 0.169. The third-order valence-electron chi connectivity index (χ3n) is 4.55. The number of piperidine rings is 1. The van der Waals surface area contributed by atoms with E-state index in [1.165, 1.54) is 11.2 Å². The van der Waals surface area contributed by atoms with Crippen molar-refractivity contribution >= 4 is 22.0 Å². The molecule has 0 N–H and O–H groups in total. The fraction of sp³-hybridized carbons (Fsp3) is 0.579. The van der Waals surface area contributed by atoms with Gasteiger partial charge in [0.25, 0.3) is 0 Å². The van der Waals surface area contributed by atoms with Gasteiger partial charge in [-0.15, -0.1) is 0 Å². The number of benzene rings is 1. The van der Waals surface area contributed by atoms with Crippen LogP contribution in [0.25, 0.3) is 0 Å². The molecular formula is C19H27NO6S. The van der Waals surface area contributed by atoms with Gasteiger partial charge in [0.05, 0.1) is 24.0 Å². The molecule has 0 aromatic heterocycles. The maximum atomic E-state index is 13.2. The first-order valence-corrected chi connectivity index (χ1v) is 10.6. The number of sulfonamides is 1. The summed E-state index contributed by atoms with van der Waals surface area (Å²) in [6, 6.07) is 6.03. The van der Waals surface area contributed by atoms with Crippen LogP contribution >= 0.6 is 0 Å². The monoisotopic (exact) mass is 397 g/mol. The highest BCUT2D eigenvalue weighted by atomic mass is 32.2. The fourth-order valence-electron chi connectivity index (χ4n) is 3.30. The van der Waals surface area contributed by atoms with E-state index < -0.39 is 34.1 Å². The van der Waals surface area contributed by atoms with Gasteiger partial charge in [-0.1, -0.05) is 24.1 Å². The molecule has 1 heterocycles. The van der Waals surface area contributed by atoms with Gasteiger partial charge in [0.2, 0.25) is 10.0 Å². The van der Waals surface area contributed by atoms with Crippen molar-refractivity contribution in [2.45, 2.75) is 63.5 Å². The zero-order valence-electron chi connectivity index (χ0n) is 16.0. The molecule has 1 aromatic rings. The number of aryl methyl sites for hydroxylation is 1. The van der Waals surface area contributed by atoms with Crippen molar-refractivity contribution in [2.75, 3.05) is 13.2 Å². The van der Waals surface area contributed by atoms with E-state index in [0.29, 0.717) is 19.4 Å². The first-order valence-electron chi connectivity index (χ1n) is 9.17. The predicted octanol–water partition coefficient (Wildman–Crippen LogP) is 2.42. The molecule has 1 aromatic carbocycles. The normalized spacial score (nSPS) is 19.3. The Morgan fingerprint density at radius 2 is 1.89 bits per heavy atom. The molecule has 27 heavy (non-hydrogen) atoms. The van der Waals surface area contributed by atoms with Crippen molar-refractivity contribution in [3.63, 3.8) is 0 Å². The molecule has 1 saturated heterocycles. The van der Waals surface area contributed by atoms with E-state index in [0.717, 1.165) is 12.0 Å². The molecule has 2 rings (SSSR count). The van der Waals surface area contributed by atoms with Crippen LogP contribution in [-0.4, -0.2) is 50.0 Å². The van der Waals surface area contributed by atoms with Crippen molar-refractivity contribution in [3.8, 4) is 0 Å². The number of carbonyl (C=O) groups is 2. The number of ether oxygens (including phenoxy) is 2. The molecule has 0 aliphatic carbocycles. The molecule has 0 radical (unpaired) electrons. The molecular weight excluding hydrogens is 370 g/mol. The number of rotatable bonds is 7. The molecule has 0 bridgehead atoms. The summed E-state index contributed by atoms with van der Waals surface area (Å²) in [5.74, 6) is -1.07. The van der Waals surface area contributed by atoms with Crippen molar-refractivity contribution < 1.29 is 27.5 Å². The lowest BCUT2D eigenvalue weighted by Crippen LogP contribution is -2.51. The SMILES string of the molecule is CCOC(=O)C[C@H](OC(C)=O)[C@@H]1CCCCN1S(=O)(=O)c1ccc(C)cc1. The highest BCUT2D eigenvalue weighted by Gasteiger charge is 2.40. The summed E-state index contributed by atoms with van der Waals surface area (Å²) in [5, 5.41) is 0. The summed E-state index contributed by atoms with van der Waals surface area (Å²) in [6.07, 6.45) is 0.987. The van der Waals surface area contributed by atoms with Crippen LogP contribution in [-0.2, 0) is 29.1 Å². The quantitative estimate of drug-likeness (QED) is 0.657. The van der Waals surface area contributed by atoms with Gasteiger partial charge < -0.3 is 9.47 Å². The van der Waals surface area contributed by atoms with Crippen LogP contribution in [0.5, 0.6) is 0 Å². The minimum Gasteiger partial charge on any atom is -0.466 e. The summed E-state index contributed by atoms with van der Waals surface area (Å²) in [6.45, 7) is 5.35. The molecule has 0 spiro atoms. The molecule has 0 unspecified atom stereocenters. The number of hydrogen-bond donors (Lipinski definition) is 0. The Morgan fingerprint density at radius 3 is 2.48 bits per heavy atom. The smallest absolute Gasteiger partial charge is 0.309 e. The van der Waals surface area contributed by atoms with E-state index >= 15 is 0 Å². The fourth-order valence-corrected chi connectivity index (χ4v) is 5.02. The van der Waals surface area contributed by atoms with Gasteiger partial charge >= 0.3 is 11.9 Å². The Labute approximate surface area is 160 Å². The Hall–Kier alpha value is -1.93. The van der Waals surface area contributed by atoms with Gasteiger partial charge in [-0.05, 0) is 38.8 Å². The number of hydrogen-bond acceptors (Lipinski definition) is 6. The highest BCUT2D eigenvalue weighted by molar-refractivity contribution is 7.89. The standard InChI is InChI=1S/C19H27NO6S/c1-4-25-19(22)13-18(26-15(3)21)17-7-5-6-12-20(17)27(23,24)16-10-8-14(2)9-11-16/h8-11,17-18H,4-7,12-13H2,1-3H3/t17-,18-/m0/s1. The second kappa shape index (κ2) is 9.32. The molecule has 7 nitrogen and oxygen atoms in total. The predicted molar refractivity (Wildman–Crippen MR) is 99.5 cm³/mol. The van der Waals surface area contributed by atoms with Crippen molar-refractivity contribution in [2.24, 2.45) is 0 Å². The summed E-state index contributed by atoms with van der Waals surface area (Å²) in [4.78, 5) is 23.7. The molecule has 1 aliphatic rings. The zero-order valence-corrected chi connectivity index (χ0v) is 16.8. The van der Waals surface area contributed by atoms with Crippen LogP contribution in [0.3, 0.4) is 0 Å². The van der Waals surface area contributed by atoms with Gasteiger partial charge in [0.1, 0.15) is 6.10 Å². The largest absolute Gasteiger partial charge is 0.466 e. The van der Waals surface area contributed by atoms with Crippen molar-refractivity contribution in [1.29, 1.82) is 0 Å². The summed E-state index contributed by atoms with van der Waals surface area (Å²) in [5.41, 5.74) is 0.962. The maximum Gasteiger partial charge on any atom is 0.309 e. The van der Waals surface area contributed by atoms with Crippen LogP contribution in [0.1, 0.15) is 45.1 Å². The van der Waals surface area contributed by atoms with Crippen LogP contribution in [0.4, 0.5) is 0 Å². The first kappa shape index (κ1) is 21.4. The average molecular weight is 397 g/mol. The lowest BCUT2D eigenvalue weighted by atomic mass is 9.97. The highest BCUT2D eigenvalue weighted by Crippen LogP contribution is 2.29. The van der Waals surface area contributed by atoms with E-state index in [1.807, 2.05) is 6.92 Å². The molecule has 0 saturated carbocycles. The molecule has 1 fully saturated rings. The van der Waals surface area contributed by atoms with E-state index in [2.05, 4.69) is 0 Å². The van der Waals surface area contributed by atoms with E-state index in [-0.39, 0.29) is 17.9 Å². The van der Waals surface area contributed by atoms with Crippen LogP contribution in [0.2, 0.25) is 0 Å². The van der Waals surface area contributed by atoms with E-state index in [1.54, 1.807) is 31.2 Å². The van der Waals surface area contributed by atoms with Gasteiger partial charge in [-0.3, -0.25) is 9.59 Å². The second-order valence-electron chi connectivity index (χ2n) is 6.65. The van der Waals surface area contributed by atoms with Crippen LogP contribution in [0, 0.1) is 6.92 Å². The van der Waals surface area contributed by atoms with Gasteiger partial charge in [0, 0.05) is 13.5 Å². The Bertz CT molecular complexity index is 759. The van der Waals surface area contributed by atoms with Crippen molar-refractivity contribution in [3.05, 3.63) is 29.8 Å². The lowest BCUT2D eigenvalue weighted by molar-refractivity contribution is -0.156. The molecule has 2 atom stereocenters. The van der Waals surface area contributed by atoms with Gasteiger partial charge in [0.15, 0.2) is 0 Å². The number of nitrogens with zero attached hydrogens (tertiary/aromatic N) is 1. The van der Waals surface area contributed by atoms with Crippen molar-refractivity contribution in [1.82, 2.24) is 4.31 Å². The molecule has 1 aliphatic heterocycles. The second-order valence-corrected chi connectivity index (χ2v) is 8.54. The minimum atomic E-state index is -3.77. The number of carbonyl (C=O) groups excluding carboxylic acids is 2. The first-order chi connectivity index (χ1) is 12.8. The third-order valence-corrected chi connectivity index (χ3v) is 6.48. The molecule has 0 amide bonds. The van der Waals surface area contributed by atoms with Gasteiger partial charge in [-0.25, -0.2) is 8.42 Å². The van der Waals surface area contributed by atoms with Crippen LogP contribution in [0.15, 0.2) is 29.2 Å². The summed E-state index contributed by atoms with van der Waals surface area (Å²) < 4.78 is 38.0. The molecule has 150 valence electrons. The molecule has 8 heteroatoms. The average Bonchev–Trinajstić information content (AvgIpc) is 2.61. The van der Waals surface area contributed by atoms with Crippen LogP contribution < -0.4 is 0 Å². The Morgan fingerprint density at radius 1 is 1.22 bits per heavy atom. The topological polar surface area (TPSA) is 90.0 Å². The Balaban J connectivity index is 2.33. The van der Waals surface area contributed by atoms with E-state index in [9.17, 15) is 18.0 Å². The summed E-state index contributed by atoms with van der Waals surface area (Å²) in [7, 11) is -3.77. The zero-order chi connectivity index (χ0) is 20.0. The number of esters is 2.